The molecule has 0 aliphatic heterocycles. The summed E-state index contributed by atoms with van der Waals surface area (Å²) < 4.78 is 0.857. The monoisotopic (exact) mass is 362 g/mol. The molecule has 0 saturated carbocycles. The van der Waals surface area contributed by atoms with Crippen LogP contribution in [0.4, 0.5) is 5.69 Å². The highest BCUT2D eigenvalue weighted by Gasteiger charge is 2.15. The molecule has 1 heterocycles. The van der Waals surface area contributed by atoms with Gasteiger partial charge in [0.05, 0.1) is 11.4 Å². The van der Waals surface area contributed by atoms with Crippen LogP contribution in [-0.2, 0) is 24.2 Å². The maximum atomic E-state index is 12.6. The molecule has 136 valence electrons. The molecule has 1 aliphatic carbocycles. The van der Waals surface area contributed by atoms with E-state index in [0.29, 0.717) is 5.69 Å². The zero-order chi connectivity index (χ0) is 19.0. The van der Waals surface area contributed by atoms with Crippen LogP contribution in [0.25, 0.3) is 10.8 Å². The number of amides is 1. The van der Waals surface area contributed by atoms with Crippen molar-refractivity contribution in [2.24, 2.45) is 0 Å². The van der Waals surface area contributed by atoms with Gasteiger partial charge in [0.15, 0.2) is 0 Å². The molecular formula is C20H16N3O4-. The minimum atomic E-state index is -1.50. The summed E-state index contributed by atoms with van der Waals surface area (Å²) in [5, 5.41) is 18.3. The van der Waals surface area contributed by atoms with Crippen molar-refractivity contribution in [1.82, 2.24) is 9.78 Å². The van der Waals surface area contributed by atoms with E-state index in [0.717, 1.165) is 23.9 Å². The molecule has 2 aromatic carbocycles. The van der Waals surface area contributed by atoms with Gasteiger partial charge < -0.3 is 15.2 Å². The lowest BCUT2D eigenvalue weighted by Gasteiger charge is -2.12. The van der Waals surface area contributed by atoms with Crippen LogP contribution in [-0.4, -0.2) is 21.7 Å². The fourth-order valence-electron chi connectivity index (χ4n) is 3.48. The van der Waals surface area contributed by atoms with Crippen LogP contribution in [0.2, 0.25) is 0 Å². The van der Waals surface area contributed by atoms with Gasteiger partial charge in [-0.1, -0.05) is 24.3 Å². The van der Waals surface area contributed by atoms with Gasteiger partial charge >= 0.3 is 0 Å². The van der Waals surface area contributed by atoms with Crippen LogP contribution in [0.3, 0.4) is 0 Å². The average molecular weight is 362 g/mol. The Kier molecular flexibility index (Phi) is 4.19. The van der Waals surface area contributed by atoms with Gasteiger partial charge in [0.2, 0.25) is 5.91 Å². The van der Waals surface area contributed by atoms with Crippen LogP contribution in [0.1, 0.15) is 28.0 Å². The van der Waals surface area contributed by atoms with E-state index in [-0.39, 0.29) is 23.0 Å². The second-order valence-electron chi connectivity index (χ2n) is 6.53. The van der Waals surface area contributed by atoms with Crippen LogP contribution < -0.4 is 16.0 Å². The standard InChI is InChI=1S/C20H17N3O4/c24-17(21-14-9-8-12-4-3-5-13(12)10-14)11-23-19(25)16-7-2-1-6-15(16)18(22-23)20(26)27/h1-2,6-10H,3-5,11H2,(H,21,24)(H,26,27)/p-1. The van der Waals surface area contributed by atoms with Crippen molar-refractivity contribution in [2.75, 3.05) is 5.32 Å². The highest BCUT2D eigenvalue weighted by atomic mass is 16.4. The molecular weight excluding hydrogens is 346 g/mol. The van der Waals surface area contributed by atoms with Crippen molar-refractivity contribution in [3.8, 4) is 0 Å². The summed E-state index contributed by atoms with van der Waals surface area (Å²) in [6.45, 7) is -0.388. The summed E-state index contributed by atoms with van der Waals surface area (Å²) in [5.74, 6) is -1.96. The fourth-order valence-corrected chi connectivity index (χ4v) is 3.48. The molecule has 1 aromatic heterocycles. The number of carbonyl (C=O) groups excluding carboxylic acids is 2. The molecule has 0 radical (unpaired) electrons. The molecule has 0 spiro atoms. The van der Waals surface area contributed by atoms with E-state index in [1.807, 2.05) is 18.2 Å². The first kappa shape index (κ1) is 17.0. The molecule has 1 amide bonds. The molecule has 3 aromatic rings. The van der Waals surface area contributed by atoms with Crippen molar-refractivity contribution < 1.29 is 14.7 Å². The second kappa shape index (κ2) is 6.68. The molecule has 0 atom stereocenters. The van der Waals surface area contributed by atoms with E-state index < -0.39 is 17.4 Å². The number of anilines is 1. The van der Waals surface area contributed by atoms with Crippen LogP contribution in [0.5, 0.6) is 0 Å². The summed E-state index contributed by atoms with van der Waals surface area (Å²) in [5.41, 5.74) is 2.26. The summed E-state index contributed by atoms with van der Waals surface area (Å²) in [4.78, 5) is 36.3. The fraction of sp³-hybridized carbons (Fsp3) is 0.200. The SMILES string of the molecule is O=C(Cn1nc(C(=O)[O-])c2ccccc2c1=O)Nc1ccc2c(c1)CCC2. The predicted octanol–water partition coefficient (Wildman–Crippen LogP) is 0.887. The van der Waals surface area contributed by atoms with Crippen molar-refractivity contribution in [2.45, 2.75) is 25.8 Å². The number of rotatable bonds is 4. The van der Waals surface area contributed by atoms with Gasteiger partial charge in [0, 0.05) is 11.1 Å². The average Bonchev–Trinajstić information content (AvgIpc) is 3.11. The molecule has 4 rings (SSSR count). The zero-order valence-electron chi connectivity index (χ0n) is 14.4. The van der Waals surface area contributed by atoms with Gasteiger partial charge in [-0.25, -0.2) is 4.68 Å². The van der Waals surface area contributed by atoms with Gasteiger partial charge in [0.25, 0.3) is 5.56 Å². The van der Waals surface area contributed by atoms with Gasteiger partial charge in [-0.15, -0.1) is 0 Å². The number of nitrogens with zero attached hydrogens (tertiary/aromatic N) is 2. The number of aryl methyl sites for hydroxylation is 2. The van der Waals surface area contributed by atoms with Crippen LogP contribution in [0, 0.1) is 0 Å². The molecule has 0 fully saturated rings. The molecule has 7 nitrogen and oxygen atoms in total. The Bertz CT molecular complexity index is 1130. The number of aromatic carboxylic acids is 1. The first-order valence-corrected chi connectivity index (χ1v) is 8.66. The number of hydrogen-bond donors (Lipinski definition) is 1. The Labute approximate surface area is 154 Å². The maximum Gasteiger partial charge on any atom is 0.275 e. The summed E-state index contributed by atoms with van der Waals surface area (Å²) in [7, 11) is 0. The minimum absolute atomic E-state index is 0.178. The van der Waals surface area contributed by atoms with Crippen molar-refractivity contribution in [3.63, 3.8) is 0 Å². The number of fused-ring (bicyclic) bond motifs is 2. The number of carboxylic acid groups (broad SMARTS) is 1. The lowest BCUT2D eigenvalue weighted by molar-refractivity contribution is -0.255. The van der Waals surface area contributed by atoms with E-state index in [4.69, 9.17) is 0 Å². The van der Waals surface area contributed by atoms with E-state index in [9.17, 15) is 19.5 Å². The zero-order valence-corrected chi connectivity index (χ0v) is 14.4. The summed E-state index contributed by atoms with van der Waals surface area (Å²) in [6.07, 6.45) is 3.14. The number of carbonyl (C=O) groups is 2. The van der Waals surface area contributed by atoms with E-state index in [2.05, 4.69) is 10.4 Å². The lowest BCUT2D eigenvalue weighted by atomic mass is 10.1. The molecule has 27 heavy (non-hydrogen) atoms. The third kappa shape index (κ3) is 3.19. The molecule has 7 heteroatoms. The van der Waals surface area contributed by atoms with E-state index in [1.165, 1.54) is 23.3 Å². The third-order valence-corrected chi connectivity index (χ3v) is 4.74. The summed E-state index contributed by atoms with van der Waals surface area (Å²) >= 11 is 0. The largest absolute Gasteiger partial charge is 0.543 e. The van der Waals surface area contributed by atoms with Crippen molar-refractivity contribution >= 4 is 28.3 Å². The molecule has 1 N–H and O–H groups in total. The Balaban J connectivity index is 1.63. The smallest absolute Gasteiger partial charge is 0.275 e. The van der Waals surface area contributed by atoms with Gasteiger partial charge in [-0.3, -0.25) is 9.59 Å². The normalized spacial score (nSPS) is 12.7. The number of aromatic nitrogens is 2. The van der Waals surface area contributed by atoms with Crippen molar-refractivity contribution in [1.29, 1.82) is 0 Å². The topological polar surface area (TPSA) is 104 Å². The number of hydrogen-bond acceptors (Lipinski definition) is 5. The Hall–Kier alpha value is -3.48. The summed E-state index contributed by atoms with van der Waals surface area (Å²) in [6, 6.07) is 12.0. The Morgan fingerprint density at radius 3 is 2.59 bits per heavy atom. The van der Waals surface area contributed by atoms with Gasteiger partial charge in [-0.2, -0.15) is 5.10 Å². The second-order valence-corrected chi connectivity index (χ2v) is 6.53. The number of carboxylic acids is 1. The molecule has 0 saturated heterocycles. The molecule has 1 aliphatic rings. The van der Waals surface area contributed by atoms with Crippen LogP contribution >= 0.6 is 0 Å². The quantitative estimate of drug-likeness (QED) is 0.742. The van der Waals surface area contributed by atoms with Gasteiger partial charge in [0.1, 0.15) is 12.2 Å². The highest BCUT2D eigenvalue weighted by Crippen LogP contribution is 2.24. The van der Waals surface area contributed by atoms with Crippen molar-refractivity contribution in [3.05, 3.63) is 69.6 Å². The van der Waals surface area contributed by atoms with Gasteiger partial charge in [-0.05, 0) is 48.6 Å². The highest BCUT2D eigenvalue weighted by molar-refractivity contribution is 6.00. The van der Waals surface area contributed by atoms with E-state index >= 15 is 0 Å². The lowest BCUT2D eigenvalue weighted by Crippen LogP contribution is -2.34. The van der Waals surface area contributed by atoms with E-state index in [1.54, 1.807) is 12.1 Å². The van der Waals surface area contributed by atoms with Crippen LogP contribution in [0.15, 0.2) is 47.3 Å². The maximum absolute atomic E-state index is 12.6. The first-order valence-electron chi connectivity index (χ1n) is 8.66. The first-order chi connectivity index (χ1) is 13.0. The third-order valence-electron chi connectivity index (χ3n) is 4.74. The molecule has 0 unspecified atom stereocenters. The molecule has 0 bridgehead atoms. The number of benzene rings is 2. The minimum Gasteiger partial charge on any atom is -0.543 e. The Morgan fingerprint density at radius 2 is 1.81 bits per heavy atom. The predicted molar refractivity (Wildman–Crippen MR) is 97.4 cm³/mol. The Morgan fingerprint density at radius 1 is 1.07 bits per heavy atom. The number of nitrogens with one attached hydrogen (secondary N) is 1.